The SMILES string of the molecule is [2H]C([2H])([2H])c1ccc(-c2ccnc(-c3cc(-c4cccc5c4nc(-c4cc(C(C)(C)C)cc(C(C)(C)C)c4O)n5-c4ccc(C(C([2H])([2H])[2H])(C([2H])([2H])[2H])C([2H])([2H])[2H])cc4-c4ccccc4)cc(C(C)(C)C)c3)c2)cc1. The minimum atomic E-state index is -3.51. The first-order valence-corrected chi connectivity index (χ1v) is 21.4. The van der Waals surface area contributed by atoms with Gasteiger partial charge in [-0.05, 0) is 116 Å². The number of nitrogens with zero attached hydrogens (tertiary/aromatic N) is 3. The van der Waals surface area contributed by atoms with Gasteiger partial charge in [0.25, 0.3) is 0 Å². The molecule has 0 unspecified atom stereocenters. The maximum atomic E-state index is 12.6. The molecule has 320 valence electrons. The Morgan fingerprint density at radius 3 is 1.86 bits per heavy atom. The van der Waals surface area contributed by atoms with Crippen molar-refractivity contribution in [3.63, 3.8) is 0 Å². The molecule has 0 aliphatic rings. The zero-order valence-corrected chi connectivity index (χ0v) is 37.6. The van der Waals surface area contributed by atoms with E-state index in [1.807, 2.05) is 73.9 Å². The molecular formula is C59H63N3O. The molecule has 0 bridgehead atoms. The van der Waals surface area contributed by atoms with E-state index in [-0.39, 0.29) is 22.1 Å². The van der Waals surface area contributed by atoms with Crippen molar-refractivity contribution in [1.29, 1.82) is 0 Å². The molecule has 1 N–H and O–H groups in total. The predicted molar refractivity (Wildman–Crippen MR) is 267 cm³/mol. The van der Waals surface area contributed by atoms with Crippen molar-refractivity contribution >= 4 is 11.0 Å². The van der Waals surface area contributed by atoms with Crippen molar-refractivity contribution in [2.24, 2.45) is 0 Å². The molecule has 0 atom stereocenters. The van der Waals surface area contributed by atoms with Crippen molar-refractivity contribution in [3.05, 3.63) is 167 Å². The average molecular weight is 842 g/mol. The summed E-state index contributed by atoms with van der Waals surface area (Å²) in [6.45, 7) is 6.00. The van der Waals surface area contributed by atoms with Crippen molar-refractivity contribution in [2.45, 2.75) is 111 Å². The summed E-state index contributed by atoms with van der Waals surface area (Å²) in [7, 11) is 0. The van der Waals surface area contributed by atoms with Crippen LogP contribution in [0.15, 0.2) is 140 Å². The molecule has 0 radical (unpaired) electrons. The Balaban J connectivity index is 1.48. The second kappa shape index (κ2) is 15.8. The molecule has 8 rings (SSSR count). The number of pyridine rings is 1. The van der Waals surface area contributed by atoms with Crippen LogP contribution in [0.2, 0.25) is 0 Å². The Kier molecular flexibility index (Phi) is 7.72. The van der Waals surface area contributed by atoms with Crippen LogP contribution < -0.4 is 0 Å². The second-order valence-corrected chi connectivity index (χ2v) is 19.8. The molecule has 8 aromatic rings. The lowest BCUT2D eigenvalue weighted by Gasteiger charge is -2.28. The fraction of sp³-hybridized carbons (Fsp3) is 0.288. The minimum Gasteiger partial charge on any atom is -0.507 e. The topological polar surface area (TPSA) is 50.9 Å². The number of para-hydroxylation sites is 1. The van der Waals surface area contributed by atoms with Crippen LogP contribution in [0.4, 0.5) is 0 Å². The van der Waals surface area contributed by atoms with Gasteiger partial charge in [-0.15, -0.1) is 0 Å². The van der Waals surface area contributed by atoms with Gasteiger partial charge in [0.05, 0.1) is 28.0 Å². The fourth-order valence-corrected chi connectivity index (χ4v) is 8.17. The Morgan fingerprint density at radius 1 is 0.508 bits per heavy atom. The van der Waals surface area contributed by atoms with E-state index in [0.717, 1.165) is 38.9 Å². The number of rotatable bonds is 6. The van der Waals surface area contributed by atoms with E-state index in [2.05, 4.69) is 59.7 Å². The number of hydrogen-bond donors (Lipinski definition) is 1. The summed E-state index contributed by atoms with van der Waals surface area (Å²) < 4.78 is 103. The molecule has 6 aromatic carbocycles. The Hall–Kier alpha value is -6.26. The summed E-state index contributed by atoms with van der Waals surface area (Å²) in [6.07, 6.45) is 1.73. The highest BCUT2D eigenvalue weighted by Gasteiger charge is 2.30. The van der Waals surface area contributed by atoms with E-state index in [1.54, 1.807) is 60.8 Å². The van der Waals surface area contributed by atoms with Crippen LogP contribution in [-0.2, 0) is 21.7 Å². The molecule has 2 aromatic heterocycles. The van der Waals surface area contributed by atoms with Gasteiger partial charge >= 0.3 is 0 Å². The van der Waals surface area contributed by atoms with Crippen LogP contribution in [-0.4, -0.2) is 19.6 Å². The number of phenols is 1. The molecule has 2 heterocycles. The lowest BCUT2D eigenvalue weighted by molar-refractivity contribution is 0.446. The Bertz CT molecular complexity index is 3400. The number of fused-ring (bicyclic) bond motifs is 1. The van der Waals surface area contributed by atoms with Gasteiger partial charge in [0.15, 0.2) is 0 Å². The van der Waals surface area contributed by atoms with E-state index in [9.17, 15) is 5.11 Å². The number of aryl methyl sites for hydroxylation is 1. The van der Waals surface area contributed by atoms with Crippen LogP contribution in [0.5, 0.6) is 5.75 Å². The summed E-state index contributed by atoms with van der Waals surface area (Å²) in [4.78, 5) is 10.4. The van der Waals surface area contributed by atoms with Crippen molar-refractivity contribution < 1.29 is 21.6 Å². The monoisotopic (exact) mass is 842 g/mol. The molecule has 0 aliphatic carbocycles. The first-order valence-electron chi connectivity index (χ1n) is 27.4. The quantitative estimate of drug-likeness (QED) is 0.181. The van der Waals surface area contributed by atoms with Gasteiger partial charge in [-0.2, -0.15) is 0 Å². The Morgan fingerprint density at radius 2 is 1.19 bits per heavy atom. The van der Waals surface area contributed by atoms with Crippen molar-refractivity contribution in [1.82, 2.24) is 14.5 Å². The van der Waals surface area contributed by atoms with E-state index in [4.69, 9.17) is 26.4 Å². The molecule has 63 heavy (non-hydrogen) atoms. The molecular weight excluding hydrogens is 767 g/mol. The zero-order valence-electron chi connectivity index (χ0n) is 49.6. The first kappa shape index (κ1) is 30.7. The van der Waals surface area contributed by atoms with Gasteiger partial charge in [-0.3, -0.25) is 9.55 Å². The number of aromatic hydroxyl groups is 1. The molecule has 0 amide bonds. The summed E-state index contributed by atoms with van der Waals surface area (Å²) in [6, 6.07) is 40.0. The van der Waals surface area contributed by atoms with Gasteiger partial charge in [0, 0.05) is 44.9 Å². The normalized spacial score (nSPS) is 16.2. The van der Waals surface area contributed by atoms with Crippen LogP contribution in [0, 0.1) is 6.85 Å². The molecule has 0 fully saturated rings. The van der Waals surface area contributed by atoms with Crippen LogP contribution >= 0.6 is 0 Å². The second-order valence-electron chi connectivity index (χ2n) is 19.8. The highest BCUT2D eigenvalue weighted by atomic mass is 16.3. The third-order valence-corrected chi connectivity index (χ3v) is 11.8. The largest absolute Gasteiger partial charge is 0.507 e. The standard InChI is InChI=1S/C59H63N3O/c1-37-22-24-38(25-23-37)40-28-29-60-50(33-40)42-30-41(31-44(32-42)57(5,6)7)46-20-17-21-52-53(46)61-55(48-35-45(58(8,9)10)36-49(54(48)63)59(11,12)13)62(52)51-27-26-43(56(2,3)4)34-47(51)39-18-15-14-16-19-39/h14-36,63H,1-13H3/i1D3,2D3,3D3,4D3. The van der Waals surface area contributed by atoms with Crippen LogP contribution in [0.1, 0.15) is 127 Å². The summed E-state index contributed by atoms with van der Waals surface area (Å²) in [5.74, 6) is 0.338. The van der Waals surface area contributed by atoms with Gasteiger partial charge < -0.3 is 5.11 Å². The van der Waals surface area contributed by atoms with E-state index >= 15 is 0 Å². The number of phenolic OH excluding ortho intramolecular Hbond substituents is 1. The van der Waals surface area contributed by atoms with Gasteiger partial charge in [0.1, 0.15) is 11.6 Å². The lowest BCUT2D eigenvalue weighted by atomic mass is 9.79. The van der Waals surface area contributed by atoms with Crippen LogP contribution in [0.25, 0.3) is 72.7 Å². The Labute approximate surface area is 392 Å². The molecule has 4 nitrogen and oxygen atoms in total. The molecule has 0 aliphatic heterocycles. The van der Waals surface area contributed by atoms with Crippen molar-refractivity contribution in [2.75, 3.05) is 0 Å². The molecule has 0 saturated carbocycles. The van der Waals surface area contributed by atoms with Crippen molar-refractivity contribution in [3.8, 4) is 67.5 Å². The first-order chi connectivity index (χ1) is 34.5. The lowest BCUT2D eigenvalue weighted by Crippen LogP contribution is -2.17. The highest BCUT2D eigenvalue weighted by molar-refractivity contribution is 5.98. The minimum absolute atomic E-state index is 0.00808. The predicted octanol–water partition coefficient (Wildman–Crippen LogP) is 16.0. The van der Waals surface area contributed by atoms with Crippen LogP contribution in [0.3, 0.4) is 0 Å². The number of imidazole rings is 1. The van der Waals surface area contributed by atoms with E-state index in [1.165, 1.54) is 12.1 Å². The third kappa shape index (κ3) is 8.61. The summed E-state index contributed by atoms with van der Waals surface area (Å²) in [5.41, 5.74) is 5.53. The van der Waals surface area contributed by atoms with Gasteiger partial charge in [0.2, 0.25) is 0 Å². The van der Waals surface area contributed by atoms with Gasteiger partial charge in [-0.25, -0.2) is 4.98 Å². The third-order valence-electron chi connectivity index (χ3n) is 11.8. The van der Waals surface area contributed by atoms with Gasteiger partial charge in [-0.1, -0.05) is 173 Å². The average Bonchev–Trinajstić information content (AvgIpc) is 3.68. The number of hydrogen-bond acceptors (Lipinski definition) is 3. The fourth-order valence-electron chi connectivity index (χ4n) is 8.17. The number of benzene rings is 6. The summed E-state index contributed by atoms with van der Waals surface area (Å²) in [5, 5.41) is 12.6. The maximum absolute atomic E-state index is 12.6. The molecule has 4 heteroatoms. The molecule has 0 spiro atoms. The van der Waals surface area contributed by atoms with E-state index < -0.39 is 43.8 Å². The maximum Gasteiger partial charge on any atom is 0.149 e. The smallest absolute Gasteiger partial charge is 0.149 e. The summed E-state index contributed by atoms with van der Waals surface area (Å²) >= 11 is 0. The molecule has 0 saturated heterocycles. The highest BCUT2D eigenvalue weighted by Crippen LogP contribution is 2.46. The van der Waals surface area contributed by atoms with E-state index in [0.29, 0.717) is 50.5 Å². The zero-order chi connectivity index (χ0) is 55.2. The number of aromatic nitrogens is 3.